The number of nitrogens with two attached hydrogens (primary N) is 1. The van der Waals surface area contributed by atoms with E-state index in [-0.39, 0.29) is 40.0 Å². The Hall–Kier alpha value is -5.36. The average molecular weight is 612 g/mol. The van der Waals surface area contributed by atoms with Gasteiger partial charge in [0.15, 0.2) is 0 Å². The van der Waals surface area contributed by atoms with Crippen LogP contribution in [0.15, 0.2) is 113 Å². The van der Waals surface area contributed by atoms with Crippen molar-refractivity contribution in [2.75, 3.05) is 13.1 Å². The average Bonchev–Trinajstić information content (AvgIpc) is 3.00. The van der Waals surface area contributed by atoms with Gasteiger partial charge in [0.1, 0.15) is 11.9 Å². The summed E-state index contributed by atoms with van der Waals surface area (Å²) in [6.07, 6.45) is -1.07. The van der Waals surface area contributed by atoms with Crippen molar-refractivity contribution in [3.8, 4) is 0 Å². The number of nitro groups is 1. The molecule has 3 aromatic rings. The number of carbonyl (C=O) groups is 2. The lowest BCUT2D eigenvalue weighted by molar-refractivity contribution is -0.384. The van der Waals surface area contributed by atoms with E-state index in [2.05, 4.69) is 10.2 Å². The number of non-ortho nitro benzene ring substituents is 1. The van der Waals surface area contributed by atoms with E-state index in [9.17, 15) is 24.6 Å². The molecule has 0 aliphatic carbocycles. The number of rotatable bonds is 10. The lowest BCUT2D eigenvalue weighted by Gasteiger charge is -2.44. The van der Waals surface area contributed by atoms with Crippen LogP contribution in [0, 0.1) is 15.0 Å². The van der Waals surface area contributed by atoms with Crippen molar-refractivity contribution in [2.45, 2.75) is 44.9 Å². The van der Waals surface area contributed by atoms with Gasteiger partial charge in [-0.2, -0.15) is 5.01 Å². The SMILES string of the molecule is CC1=C(C(=O)OC(C)C)C(c2cccc([N+](=O)[O-])c2)C(C(=O)OC2CN(C(c3ccccc3)c3ccccc3)C2)=C(N)N1N=O. The van der Waals surface area contributed by atoms with E-state index in [1.54, 1.807) is 13.8 Å². The Morgan fingerprint density at radius 2 is 1.53 bits per heavy atom. The lowest BCUT2D eigenvalue weighted by Crippen LogP contribution is -2.54. The fourth-order valence-electron chi connectivity index (χ4n) is 5.79. The fraction of sp³-hybridized carbons (Fsp3) is 0.273. The number of likely N-dealkylation sites (tertiary alicyclic amines) is 1. The van der Waals surface area contributed by atoms with Gasteiger partial charge in [0.25, 0.3) is 5.69 Å². The molecule has 1 fully saturated rings. The number of benzene rings is 3. The van der Waals surface area contributed by atoms with Gasteiger partial charge in [0.05, 0.1) is 45.1 Å². The van der Waals surface area contributed by atoms with Gasteiger partial charge in [-0.3, -0.25) is 15.0 Å². The molecule has 3 aromatic carbocycles. The Balaban J connectivity index is 1.47. The minimum atomic E-state index is -1.22. The van der Waals surface area contributed by atoms with Crippen molar-refractivity contribution in [1.29, 1.82) is 0 Å². The molecule has 2 heterocycles. The standard InChI is InChI=1S/C33H33N5O7/c1-20(2)44-32(39)27-21(3)37(35-41)31(34)29(28(27)24-15-10-16-25(17-24)38(42)43)33(40)45-26-18-36(19-26)30(22-11-6-4-7-12-22)23-13-8-5-9-14-23/h4-17,20,26,28,30H,18-19,34H2,1-3H3. The molecule has 0 saturated carbocycles. The molecular formula is C33H33N5O7. The minimum Gasteiger partial charge on any atom is -0.460 e. The topological polar surface area (TPSA) is 158 Å². The molecule has 1 unspecified atom stereocenters. The van der Waals surface area contributed by atoms with E-state index in [1.165, 1.54) is 31.2 Å². The smallest absolute Gasteiger partial charge is 0.339 e. The molecule has 12 heteroatoms. The van der Waals surface area contributed by atoms with E-state index in [4.69, 9.17) is 15.2 Å². The Labute approximate surface area is 259 Å². The van der Waals surface area contributed by atoms with Gasteiger partial charge in [-0.1, -0.05) is 72.8 Å². The number of esters is 2. The monoisotopic (exact) mass is 611 g/mol. The first kappa shape index (κ1) is 31.1. The molecule has 0 bridgehead atoms. The lowest BCUT2D eigenvalue weighted by atomic mass is 9.81. The summed E-state index contributed by atoms with van der Waals surface area (Å²) in [6, 6.07) is 25.4. The molecule has 5 rings (SSSR count). The number of carbonyl (C=O) groups excluding carboxylic acids is 2. The molecule has 232 valence electrons. The van der Waals surface area contributed by atoms with Crippen LogP contribution in [0.25, 0.3) is 0 Å². The molecule has 0 spiro atoms. The highest BCUT2D eigenvalue weighted by molar-refractivity contribution is 6.00. The number of allylic oxidation sites excluding steroid dienone is 1. The van der Waals surface area contributed by atoms with Gasteiger partial charge in [0, 0.05) is 25.2 Å². The summed E-state index contributed by atoms with van der Waals surface area (Å²) in [5, 5.41) is 15.3. The summed E-state index contributed by atoms with van der Waals surface area (Å²) in [4.78, 5) is 52.5. The summed E-state index contributed by atoms with van der Waals surface area (Å²) in [5.41, 5.74) is 8.18. The van der Waals surface area contributed by atoms with Crippen LogP contribution in [-0.4, -0.2) is 52.1 Å². The molecule has 12 nitrogen and oxygen atoms in total. The molecule has 2 N–H and O–H groups in total. The van der Waals surface area contributed by atoms with Gasteiger partial charge in [-0.15, -0.1) is 4.91 Å². The molecule has 1 atom stereocenters. The normalized spacial score (nSPS) is 17.4. The molecule has 2 aliphatic heterocycles. The first-order chi connectivity index (χ1) is 21.6. The molecule has 1 saturated heterocycles. The predicted molar refractivity (Wildman–Crippen MR) is 165 cm³/mol. The molecule has 0 radical (unpaired) electrons. The number of hydrogen-bond donors (Lipinski definition) is 1. The first-order valence-corrected chi connectivity index (χ1v) is 14.4. The van der Waals surface area contributed by atoms with Crippen molar-refractivity contribution >= 4 is 17.6 Å². The third-order valence-electron chi connectivity index (χ3n) is 7.81. The van der Waals surface area contributed by atoms with E-state index in [0.717, 1.165) is 16.1 Å². The quantitative estimate of drug-likeness (QED) is 0.142. The summed E-state index contributed by atoms with van der Waals surface area (Å²) >= 11 is 0. The molecule has 0 amide bonds. The number of nitroso groups, excluding NO2 is 1. The van der Waals surface area contributed by atoms with Crippen molar-refractivity contribution in [2.24, 2.45) is 11.0 Å². The van der Waals surface area contributed by atoms with Crippen LogP contribution in [0.2, 0.25) is 0 Å². The van der Waals surface area contributed by atoms with Gasteiger partial charge in [-0.25, -0.2) is 9.59 Å². The predicted octanol–water partition coefficient (Wildman–Crippen LogP) is 5.09. The van der Waals surface area contributed by atoms with Crippen LogP contribution in [0.5, 0.6) is 0 Å². The van der Waals surface area contributed by atoms with Gasteiger partial charge < -0.3 is 15.2 Å². The maximum Gasteiger partial charge on any atom is 0.339 e. The highest BCUT2D eigenvalue weighted by atomic mass is 16.6. The Morgan fingerprint density at radius 1 is 0.933 bits per heavy atom. The second-order valence-corrected chi connectivity index (χ2v) is 11.1. The van der Waals surface area contributed by atoms with Crippen LogP contribution in [-0.2, 0) is 19.1 Å². The summed E-state index contributed by atoms with van der Waals surface area (Å²) in [5.74, 6) is -3.26. The number of nitro benzene ring substituents is 1. The Bertz CT molecular complexity index is 1630. The molecule has 2 aliphatic rings. The summed E-state index contributed by atoms with van der Waals surface area (Å²) < 4.78 is 11.4. The van der Waals surface area contributed by atoms with Crippen LogP contribution >= 0.6 is 0 Å². The highest BCUT2D eigenvalue weighted by Crippen LogP contribution is 2.43. The number of ether oxygens (including phenoxy) is 2. The largest absolute Gasteiger partial charge is 0.460 e. The maximum absolute atomic E-state index is 13.9. The zero-order chi connectivity index (χ0) is 32.2. The van der Waals surface area contributed by atoms with Crippen LogP contribution in [0.3, 0.4) is 0 Å². The fourth-order valence-corrected chi connectivity index (χ4v) is 5.79. The zero-order valence-electron chi connectivity index (χ0n) is 25.0. The van der Waals surface area contributed by atoms with Crippen LogP contribution < -0.4 is 5.73 Å². The Kier molecular flexibility index (Phi) is 9.05. The number of hydrogen-bond acceptors (Lipinski definition) is 10. The van der Waals surface area contributed by atoms with E-state index >= 15 is 0 Å². The number of nitrogens with zero attached hydrogens (tertiary/aromatic N) is 4. The van der Waals surface area contributed by atoms with Crippen molar-refractivity contribution in [3.63, 3.8) is 0 Å². The van der Waals surface area contributed by atoms with Crippen molar-refractivity contribution in [3.05, 3.63) is 139 Å². The second kappa shape index (κ2) is 13.1. The van der Waals surface area contributed by atoms with E-state index in [0.29, 0.717) is 13.1 Å². The van der Waals surface area contributed by atoms with Gasteiger partial charge in [-0.05, 0) is 37.5 Å². The van der Waals surface area contributed by atoms with Crippen LogP contribution in [0.4, 0.5) is 5.69 Å². The first-order valence-electron chi connectivity index (χ1n) is 14.4. The summed E-state index contributed by atoms with van der Waals surface area (Å²) in [7, 11) is 0. The van der Waals surface area contributed by atoms with E-state index in [1.807, 2.05) is 60.7 Å². The van der Waals surface area contributed by atoms with Crippen molar-refractivity contribution < 1.29 is 24.0 Å². The molecule has 45 heavy (non-hydrogen) atoms. The van der Waals surface area contributed by atoms with Gasteiger partial charge >= 0.3 is 11.9 Å². The van der Waals surface area contributed by atoms with E-state index < -0.39 is 35.0 Å². The van der Waals surface area contributed by atoms with Crippen molar-refractivity contribution in [1.82, 2.24) is 9.91 Å². The third kappa shape index (κ3) is 6.31. The van der Waals surface area contributed by atoms with Gasteiger partial charge in [0.2, 0.25) is 0 Å². The molecule has 0 aromatic heterocycles. The minimum absolute atomic E-state index is 0.0320. The maximum atomic E-state index is 13.9. The third-order valence-corrected chi connectivity index (χ3v) is 7.81. The Morgan fingerprint density at radius 3 is 2.07 bits per heavy atom. The summed E-state index contributed by atoms with van der Waals surface area (Å²) in [6.45, 7) is 5.54. The molecular weight excluding hydrogens is 578 g/mol. The van der Waals surface area contributed by atoms with Crippen LogP contribution in [0.1, 0.15) is 49.4 Å². The zero-order valence-corrected chi connectivity index (χ0v) is 25.0. The highest BCUT2D eigenvalue weighted by Gasteiger charge is 2.44. The second-order valence-electron chi connectivity index (χ2n) is 11.1.